The molecule has 0 nitrogen and oxygen atoms in total. The zero-order valence-electron chi connectivity index (χ0n) is 11.4. The number of allylic oxidation sites excluding steroid dienone is 1. The van der Waals surface area contributed by atoms with Gasteiger partial charge >= 0.3 is 0 Å². The lowest BCUT2D eigenvalue weighted by Gasteiger charge is -2.02. The van der Waals surface area contributed by atoms with E-state index >= 15 is 0 Å². The molecule has 0 saturated carbocycles. The zero-order valence-corrected chi connectivity index (χ0v) is 11.4. The molecule has 0 atom stereocenters. The molecule has 0 amide bonds. The van der Waals surface area contributed by atoms with Gasteiger partial charge in [0.15, 0.2) is 0 Å². The molecule has 2 rings (SSSR count). The highest BCUT2D eigenvalue weighted by Gasteiger charge is 1.95. The lowest BCUT2D eigenvalue weighted by molar-refractivity contribution is 1.22. The van der Waals surface area contributed by atoms with Crippen molar-refractivity contribution in [3.05, 3.63) is 76.4 Å². The average Bonchev–Trinajstić information content (AvgIpc) is 2.36. The fourth-order valence-corrected chi connectivity index (χ4v) is 2.03. The van der Waals surface area contributed by atoms with Gasteiger partial charge in [0.2, 0.25) is 0 Å². The van der Waals surface area contributed by atoms with Gasteiger partial charge in [0.05, 0.1) is 0 Å². The maximum atomic E-state index is 2.24. The van der Waals surface area contributed by atoms with Gasteiger partial charge in [0.1, 0.15) is 0 Å². The second-order valence-corrected chi connectivity index (χ2v) is 4.88. The van der Waals surface area contributed by atoms with Crippen molar-refractivity contribution in [3.8, 4) is 0 Å². The molecular formula is C18H20. The third kappa shape index (κ3) is 3.10. The van der Waals surface area contributed by atoms with Gasteiger partial charge in [-0.15, -0.1) is 0 Å². The van der Waals surface area contributed by atoms with Gasteiger partial charge in [-0.1, -0.05) is 54.6 Å². The van der Waals surface area contributed by atoms with Crippen LogP contribution in [0.4, 0.5) is 0 Å². The van der Waals surface area contributed by atoms with Gasteiger partial charge < -0.3 is 0 Å². The minimum Gasteiger partial charge on any atom is -0.0795 e. The minimum atomic E-state index is 1.000. The van der Waals surface area contributed by atoms with Gasteiger partial charge in [0, 0.05) is 0 Å². The topological polar surface area (TPSA) is 0 Å². The summed E-state index contributed by atoms with van der Waals surface area (Å²) in [5.41, 5.74) is 6.76. The Balaban J connectivity index is 2.08. The van der Waals surface area contributed by atoms with Crippen LogP contribution in [-0.2, 0) is 6.42 Å². The Hall–Kier alpha value is -1.82. The van der Waals surface area contributed by atoms with Gasteiger partial charge in [0.25, 0.3) is 0 Å². The SMILES string of the molecule is Cc1ccc(/C=C/Cc2ccccc2C)cc1C. The van der Waals surface area contributed by atoms with E-state index in [-0.39, 0.29) is 0 Å². The summed E-state index contributed by atoms with van der Waals surface area (Å²) in [7, 11) is 0. The molecule has 0 spiro atoms. The van der Waals surface area contributed by atoms with Crippen molar-refractivity contribution in [2.24, 2.45) is 0 Å². The van der Waals surface area contributed by atoms with E-state index in [2.05, 4.69) is 75.4 Å². The van der Waals surface area contributed by atoms with Gasteiger partial charge in [-0.3, -0.25) is 0 Å². The average molecular weight is 236 g/mol. The Labute approximate surface area is 110 Å². The van der Waals surface area contributed by atoms with Crippen LogP contribution in [0.5, 0.6) is 0 Å². The van der Waals surface area contributed by atoms with E-state index in [9.17, 15) is 0 Å². The monoisotopic (exact) mass is 236 g/mol. The quantitative estimate of drug-likeness (QED) is 0.713. The van der Waals surface area contributed by atoms with E-state index in [4.69, 9.17) is 0 Å². The molecule has 92 valence electrons. The second kappa shape index (κ2) is 5.68. The first kappa shape index (κ1) is 12.6. The van der Waals surface area contributed by atoms with Crippen molar-refractivity contribution in [2.75, 3.05) is 0 Å². The predicted octanol–water partition coefficient (Wildman–Crippen LogP) is 4.87. The first-order chi connectivity index (χ1) is 8.66. The summed E-state index contributed by atoms with van der Waals surface area (Å²) in [5.74, 6) is 0. The lowest BCUT2D eigenvalue weighted by atomic mass is 10.0. The molecule has 0 saturated heterocycles. The molecule has 0 N–H and O–H groups in total. The standard InChI is InChI=1S/C18H20/c1-14-11-12-17(13-16(14)3)8-6-10-18-9-5-4-7-15(18)2/h4-9,11-13H,10H2,1-3H3/b8-6+. The highest BCUT2D eigenvalue weighted by atomic mass is 14.0. The van der Waals surface area contributed by atoms with E-state index in [1.165, 1.54) is 27.8 Å². The molecule has 2 aromatic carbocycles. The van der Waals surface area contributed by atoms with Gasteiger partial charge in [-0.05, 0) is 55.0 Å². The predicted molar refractivity (Wildman–Crippen MR) is 79.8 cm³/mol. The third-order valence-electron chi connectivity index (χ3n) is 3.44. The number of benzene rings is 2. The molecule has 0 radical (unpaired) electrons. The molecule has 2 aromatic rings. The normalized spacial score (nSPS) is 11.1. The Kier molecular flexibility index (Phi) is 3.99. The third-order valence-corrected chi connectivity index (χ3v) is 3.44. The van der Waals surface area contributed by atoms with Crippen molar-refractivity contribution >= 4 is 6.08 Å². The summed E-state index contributed by atoms with van der Waals surface area (Å²) in [6.07, 6.45) is 5.45. The molecule has 0 heteroatoms. The Morgan fingerprint density at radius 3 is 2.33 bits per heavy atom. The summed E-state index contributed by atoms with van der Waals surface area (Å²) in [4.78, 5) is 0. The van der Waals surface area contributed by atoms with Gasteiger partial charge in [-0.2, -0.15) is 0 Å². The van der Waals surface area contributed by atoms with E-state index in [0.717, 1.165) is 6.42 Å². The molecule has 0 fully saturated rings. The van der Waals surface area contributed by atoms with E-state index in [0.29, 0.717) is 0 Å². The summed E-state index contributed by atoms with van der Waals surface area (Å²) >= 11 is 0. The lowest BCUT2D eigenvalue weighted by Crippen LogP contribution is -1.86. The van der Waals surface area contributed by atoms with Crippen molar-refractivity contribution in [1.29, 1.82) is 0 Å². The summed E-state index contributed by atoms with van der Waals surface area (Å²) in [6.45, 7) is 6.48. The van der Waals surface area contributed by atoms with Crippen LogP contribution in [0.15, 0.2) is 48.5 Å². The number of rotatable bonds is 3. The smallest absolute Gasteiger partial charge is 0.00915 e. The highest BCUT2D eigenvalue weighted by Crippen LogP contribution is 2.13. The second-order valence-electron chi connectivity index (χ2n) is 4.88. The summed E-state index contributed by atoms with van der Waals surface area (Å²) in [5, 5.41) is 0. The molecule has 0 unspecified atom stereocenters. The van der Waals surface area contributed by atoms with Crippen LogP contribution >= 0.6 is 0 Å². The fourth-order valence-electron chi connectivity index (χ4n) is 2.03. The van der Waals surface area contributed by atoms with Crippen LogP contribution in [0.3, 0.4) is 0 Å². The molecule has 0 aromatic heterocycles. The molecule has 0 aliphatic carbocycles. The van der Waals surface area contributed by atoms with Crippen molar-refractivity contribution in [3.63, 3.8) is 0 Å². The first-order valence-electron chi connectivity index (χ1n) is 6.45. The largest absolute Gasteiger partial charge is 0.0795 e. The Morgan fingerprint density at radius 2 is 1.61 bits per heavy atom. The van der Waals surface area contributed by atoms with Crippen LogP contribution in [0.2, 0.25) is 0 Å². The molecular weight excluding hydrogens is 216 g/mol. The number of hydrogen-bond acceptors (Lipinski definition) is 0. The van der Waals surface area contributed by atoms with Crippen LogP contribution < -0.4 is 0 Å². The maximum absolute atomic E-state index is 2.24. The van der Waals surface area contributed by atoms with Crippen LogP contribution in [-0.4, -0.2) is 0 Å². The molecule has 0 aliphatic rings. The maximum Gasteiger partial charge on any atom is -0.00915 e. The van der Waals surface area contributed by atoms with Gasteiger partial charge in [-0.25, -0.2) is 0 Å². The zero-order chi connectivity index (χ0) is 13.0. The highest BCUT2D eigenvalue weighted by molar-refractivity contribution is 5.52. The minimum absolute atomic E-state index is 1.000. The summed E-state index contributed by atoms with van der Waals surface area (Å²) < 4.78 is 0. The molecule has 18 heavy (non-hydrogen) atoms. The van der Waals surface area contributed by atoms with E-state index < -0.39 is 0 Å². The van der Waals surface area contributed by atoms with Crippen LogP contribution in [0, 0.1) is 20.8 Å². The van der Waals surface area contributed by atoms with Crippen LogP contribution in [0.25, 0.3) is 6.08 Å². The summed E-state index contributed by atoms with van der Waals surface area (Å²) in [6, 6.07) is 15.2. The Morgan fingerprint density at radius 1 is 0.833 bits per heavy atom. The molecule has 0 aliphatic heterocycles. The van der Waals surface area contributed by atoms with E-state index in [1.54, 1.807) is 0 Å². The fraction of sp³-hybridized carbons (Fsp3) is 0.222. The van der Waals surface area contributed by atoms with Crippen LogP contribution in [0.1, 0.15) is 27.8 Å². The van der Waals surface area contributed by atoms with E-state index in [1.807, 2.05) is 0 Å². The number of hydrogen-bond donors (Lipinski definition) is 0. The molecule has 0 heterocycles. The Bertz CT molecular complexity index is 562. The first-order valence-corrected chi connectivity index (χ1v) is 6.45. The number of aryl methyl sites for hydroxylation is 3. The van der Waals surface area contributed by atoms with Crippen molar-refractivity contribution in [2.45, 2.75) is 27.2 Å². The molecule has 0 bridgehead atoms. The van der Waals surface area contributed by atoms with Crippen molar-refractivity contribution < 1.29 is 0 Å². The van der Waals surface area contributed by atoms with Crippen molar-refractivity contribution in [1.82, 2.24) is 0 Å².